The third kappa shape index (κ3) is 4.46. The minimum atomic E-state index is 0.0281. The first-order valence-corrected chi connectivity index (χ1v) is 10.1. The molecule has 26 heavy (non-hydrogen) atoms. The van der Waals surface area contributed by atoms with Crippen LogP contribution >= 0.6 is 0 Å². The molecule has 1 N–H and O–H groups in total. The normalized spacial score (nSPS) is 24.3. The number of carbonyl (C=O) groups excluding carboxylic acids is 2. The number of nitrogens with one attached hydrogen (secondary N) is 1. The first-order chi connectivity index (χ1) is 12.4. The van der Waals surface area contributed by atoms with Crippen molar-refractivity contribution in [1.29, 1.82) is 0 Å². The fourth-order valence-corrected chi connectivity index (χ4v) is 4.20. The van der Waals surface area contributed by atoms with Crippen LogP contribution in [0.15, 0.2) is 18.2 Å². The van der Waals surface area contributed by atoms with Crippen LogP contribution in [0.5, 0.6) is 0 Å². The Morgan fingerprint density at radius 3 is 2.23 bits per heavy atom. The number of benzene rings is 1. The first kappa shape index (κ1) is 18.9. The van der Waals surface area contributed by atoms with Gasteiger partial charge in [0.1, 0.15) is 0 Å². The van der Waals surface area contributed by atoms with Crippen molar-refractivity contribution in [2.45, 2.75) is 59.3 Å². The van der Waals surface area contributed by atoms with Gasteiger partial charge in [-0.25, -0.2) is 0 Å². The van der Waals surface area contributed by atoms with Gasteiger partial charge >= 0.3 is 0 Å². The van der Waals surface area contributed by atoms with Gasteiger partial charge in [-0.3, -0.25) is 9.59 Å². The minimum Gasteiger partial charge on any atom is -0.342 e. The second-order valence-electron chi connectivity index (χ2n) is 8.36. The van der Waals surface area contributed by atoms with E-state index < -0.39 is 0 Å². The lowest BCUT2D eigenvalue weighted by atomic mass is 9.80. The number of hydrogen-bond donors (Lipinski definition) is 1. The molecule has 0 bridgehead atoms. The fourth-order valence-electron chi connectivity index (χ4n) is 4.20. The summed E-state index contributed by atoms with van der Waals surface area (Å²) in [6, 6.07) is 6.13. The first-order valence-electron chi connectivity index (χ1n) is 10.1. The van der Waals surface area contributed by atoms with Gasteiger partial charge in [0, 0.05) is 30.6 Å². The predicted molar refractivity (Wildman–Crippen MR) is 105 cm³/mol. The molecule has 1 aliphatic heterocycles. The van der Waals surface area contributed by atoms with Crippen molar-refractivity contribution in [2.24, 2.45) is 17.8 Å². The molecule has 1 saturated carbocycles. The molecule has 142 valence electrons. The van der Waals surface area contributed by atoms with Crippen LogP contribution in [-0.4, -0.2) is 29.8 Å². The standard InChI is InChI=1S/C22H32N2O2/c1-15-10-12-24(13-11-15)22(26)19-8-6-18(7-9-19)21(25)23-20-14-16(2)4-5-17(20)3/h4-5,14-15,18-19H,6-13H2,1-3H3,(H,23,25). The lowest BCUT2D eigenvalue weighted by Gasteiger charge is -2.35. The lowest BCUT2D eigenvalue weighted by Crippen LogP contribution is -2.42. The van der Waals surface area contributed by atoms with Crippen molar-refractivity contribution in [2.75, 3.05) is 18.4 Å². The third-order valence-electron chi connectivity index (χ3n) is 6.19. The predicted octanol–water partition coefficient (Wildman–Crippen LogP) is 4.31. The molecule has 1 aliphatic carbocycles. The molecule has 4 heteroatoms. The maximum Gasteiger partial charge on any atom is 0.227 e. The van der Waals surface area contributed by atoms with Crippen LogP contribution in [0.2, 0.25) is 0 Å². The molecule has 3 rings (SSSR count). The van der Waals surface area contributed by atoms with Gasteiger partial charge in [0.05, 0.1) is 0 Å². The highest BCUT2D eigenvalue weighted by molar-refractivity contribution is 5.93. The summed E-state index contributed by atoms with van der Waals surface area (Å²) in [5.74, 6) is 1.32. The molecule has 4 nitrogen and oxygen atoms in total. The Balaban J connectivity index is 1.50. The molecule has 0 aromatic heterocycles. The number of hydrogen-bond acceptors (Lipinski definition) is 2. The smallest absolute Gasteiger partial charge is 0.227 e. The summed E-state index contributed by atoms with van der Waals surface area (Å²) in [7, 11) is 0. The van der Waals surface area contributed by atoms with Crippen LogP contribution in [-0.2, 0) is 9.59 Å². The largest absolute Gasteiger partial charge is 0.342 e. The number of aryl methyl sites for hydroxylation is 2. The van der Waals surface area contributed by atoms with Gasteiger partial charge in [-0.05, 0) is 75.5 Å². The average Bonchev–Trinajstić information content (AvgIpc) is 2.65. The lowest BCUT2D eigenvalue weighted by molar-refractivity contribution is -0.139. The van der Waals surface area contributed by atoms with Gasteiger partial charge in [-0.1, -0.05) is 19.1 Å². The highest BCUT2D eigenvalue weighted by Crippen LogP contribution is 2.32. The Labute approximate surface area is 157 Å². The Morgan fingerprint density at radius 1 is 0.962 bits per heavy atom. The number of piperidine rings is 1. The molecule has 1 heterocycles. The molecular formula is C22H32N2O2. The van der Waals surface area contributed by atoms with Crippen LogP contribution in [0.4, 0.5) is 5.69 Å². The summed E-state index contributed by atoms with van der Waals surface area (Å²) in [6.45, 7) is 8.14. The second-order valence-corrected chi connectivity index (χ2v) is 8.36. The van der Waals surface area contributed by atoms with Crippen molar-refractivity contribution in [3.63, 3.8) is 0 Å². The van der Waals surface area contributed by atoms with E-state index in [2.05, 4.69) is 23.2 Å². The van der Waals surface area contributed by atoms with Crippen molar-refractivity contribution >= 4 is 17.5 Å². The molecule has 1 aromatic carbocycles. The highest BCUT2D eigenvalue weighted by atomic mass is 16.2. The molecule has 2 aliphatic rings. The number of nitrogens with zero attached hydrogens (tertiary/aromatic N) is 1. The molecule has 0 spiro atoms. The van der Waals surface area contributed by atoms with E-state index in [0.29, 0.717) is 5.91 Å². The summed E-state index contributed by atoms with van der Waals surface area (Å²) in [5.41, 5.74) is 3.15. The minimum absolute atomic E-state index is 0.0281. The zero-order chi connectivity index (χ0) is 18.7. The number of carbonyl (C=O) groups is 2. The Morgan fingerprint density at radius 2 is 1.58 bits per heavy atom. The van der Waals surface area contributed by atoms with Gasteiger partial charge in [-0.15, -0.1) is 0 Å². The average molecular weight is 357 g/mol. The zero-order valence-corrected chi connectivity index (χ0v) is 16.4. The van der Waals surface area contributed by atoms with E-state index in [-0.39, 0.29) is 17.7 Å². The summed E-state index contributed by atoms with van der Waals surface area (Å²) in [5, 5.41) is 3.10. The van der Waals surface area contributed by atoms with E-state index in [0.717, 1.165) is 74.3 Å². The fraction of sp³-hybridized carbons (Fsp3) is 0.636. The summed E-state index contributed by atoms with van der Waals surface area (Å²) in [4.78, 5) is 27.4. The highest BCUT2D eigenvalue weighted by Gasteiger charge is 2.33. The molecule has 2 fully saturated rings. The summed E-state index contributed by atoms with van der Waals surface area (Å²) in [6.07, 6.45) is 5.57. The maximum atomic E-state index is 12.7. The Kier molecular flexibility index (Phi) is 6.00. The molecule has 1 saturated heterocycles. The number of amides is 2. The zero-order valence-electron chi connectivity index (χ0n) is 16.4. The monoisotopic (exact) mass is 356 g/mol. The van der Waals surface area contributed by atoms with Crippen LogP contribution < -0.4 is 5.32 Å². The van der Waals surface area contributed by atoms with Crippen LogP contribution in [0.3, 0.4) is 0 Å². The molecule has 0 atom stereocenters. The van der Waals surface area contributed by atoms with E-state index >= 15 is 0 Å². The van der Waals surface area contributed by atoms with Crippen molar-refractivity contribution in [3.05, 3.63) is 29.3 Å². The number of rotatable bonds is 3. The van der Waals surface area contributed by atoms with E-state index in [1.165, 1.54) is 0 Å². The summed E-state index contributed by atoms with van der Waals surface area (Å²) < 4.78 is 0. The quantitative estimate of drug-likeness (QED) is 0.877. The number of anilines is 1. The maximum absolute atomic E-state index is 12.7. The van der Waals surface area contributed by atoms with Crippen LogP contribution in [0, 0.1) is 31.6 Å². The van der Waals surface area contributed by atoms with Gasteiger partial charge < -0.3 is 10.2 Å². The van der Waals surface area contributed by atoms with Crippen LogP contribution in [0.25, 0.3) is 0 Å². The van der Waals surface area contributed by atoms with E-state index in [9.17, 15) is 9.59 Å². The Bertz CT molecular complexity index is 654. The third-order valence-corrected chi connectivity index (χ3v) is 6.19. The Hall–Kier alpha value is -1.84. The van der Waals surface area contributed by atoms with Gasteiger partial charge in [0.2, 0.25) is 11.8 Å². The topological polar surface area (TPSA) is 49.4 Å². The molecule has 0 radical (unpaired) electrons. The summed E-state index contributed by atoms with van der Waals surface area (Å²) >= 11 is 0. The molecular weight excluding hydrogens is 324 g/mol. The van der Waals surface area contributed by atoms with E-state index in [4.69, 9.17) is 0 Å². The van der Waals surface area contributed by atoms with Crippen molar-refractivity contribution < 1.29 is 9.59 Å². The molecule has 1 aromatic rings. The number of likely N-dealkylation sites (tertiary alicyclic amines) is 1. The van der Waals surface area contributed by atoms with Crippen LogP contribution in [0.1, 0.15) is 56.6 Å². The second kappa shape index (κ2) is 8.24. The van der Waals surface area contributed by atoms with Gasteiger partial charge in [-0.2, -0.15) is 0 Å². The van der Waals surface area contributed by atoms with Gasteiger partial charge in [0.25, 0.3) is 0 Å². The van der Waals surface area contributed by atoms with Crippen molar-refractivity contribution in [3.8, 4) is 0 Å². The van der Waals surface area contributed by atoms with E-state index in [1.54, 1.807) is 0 Å². The van der Waals surface area contributed by atoms with Crippen molar-refractivity contribution in [1.82, 2.24) is 4.90 Å². The van der Waals surface area contributed by atoms with Gasteiger partial charge in [0.15, 0.2) is 0 Å². The molecule has 0 unspecified atom stereocenters. The SMILES string of the molecule is Cc1ccc(C)c(NC(=O)C2CCC(C(=O)N3CCC(C)CC3)CC2)c1. The van der Waals surface area contributed by atoms with E-state index in [1.807, 2.05) is 26.0 Å². The molecule has 2 amide bonds.